The maximum atomic E-state index is 13.0. The number of nitrogen functional groups attached to an aromatic ring is 1. The van der Waals surface area contributed by atoms with Gasteiger partial charge in [-0.1, -0.05) is 0 Å². The molecule has 3 aromatic heterocycles. The lowest BCUT2D eigenvalue weighted by atomic mass is 10.1. The summed E-state index contributed by atoms with van der Waals surface area (Å²) in [6.07, 6.45) is 9.91. The minimum atomic E-state index is -0.442. The second-order valence-electron chi connectivity index (χ2n) is 6.95. The van der Waals surface area contributed by atoms with E-state index in [0.717, 1.165) is 31.6 Å². The Morgan fingerprint density at radius 1 is 1.14 bits per heavy atom. The Labute approximate surface area is 167 Å². The molecule has 1 aliphatic heterocycles. The van der Waals surface area contributed by atoms with Crippen LogP contribution in [-0.2, 0) is 0 Å². The maximum absolute atomic E-state index is 13.0. The molecule has 8 nitrogen and oxygen atoms in total. The van der Waals surface area contributed by atoms with Crippen molar-refractivity contribution in [3.05, 3.63) is 65.0 Å². The minimum Gasteiger partial charge on any atom is -0.397 e. The van der Waals surface area contributed by atoms with Crippen LogP contribution in [0.25, 0.3) is 11.3 Å². The van der Waals surface area contributed by atoms with E-state index in [1.165, 1.54) is 12.5 Å². The van der Waals surface area contributed by atoms with Crippen LogP contribution in [0.4, 0.5) is 17.1 Å². The second kappa shape index (κ2) is 8.14. The van der Waals surface area contributed by atoms with Gasteiger partial charge in [0.25, 0.3) is 5.91 Å². The van der Waals surface area contributed by atoms with E-state index in [2.05, 4.69) is 25.2 Å². The SMILES string of the molecule is Nc1ccc(-c2c[nH]ccc2=O)nc1C(=O)Nc1cnccc1N1CCCCC1. The van der Waals surface area contributed by atoms with Crippen LogP contribution < -0.4 is 21.4 Å². The van der Waals surface area contributed by atoms with Crippen molar-refractivity contribution < 1.29 is 4.79 Å². The van der Waals surface area contributed by atoms with Gasteiger partial charge in [0, 0.05) is 37.7 Å². The second-order valence-corrected chi connectivity index (χ2v) is 6.95. The van der Waals surface area contributed by atoms with Crippen molar-refractivity contribution >= 4 is 23.0 Å². The molecule has 1 aliphatic rings. The monoisotopic (exact) mass is 390 g/mol. The van der Waals surface area contributed by atoms with E-state index in [1.54, 1.807) is 36.9 Å². The van der Waals surface area contributed by atoms with E-state index in [0.29, 0.717) is 16.9 Å². The molecule has 29 heavy (non-hydrogen) atoms. The number of hydrogen-bond acceptors (Lipinski definition) is 6. The molecule has 0 saturated carbocycles. The smallest absolute Gasteiger partial charge is 0.276 e. The number of aromatic nitrogens is 3. The molecule has 0 bridgehead atoms. The Hall–Kier alpha value is -3.68. The molecule has 1 saturated heterocycles. The van der Waals surface area contributed by atoms with Gasteiger partial charge in [0.15, 0.2) is 11.1 Å². The summed E-state index contributed by atoms with van der Waals surface area (Å²) in [7, 11) is 0. The van der Waals surface area contributed by atoms with Crippen LogP contribution in [0.1, 0.15) is 29.8 Å². The zero-order valence-corrected chi connectivity index (χ0v) is 15.9. The van der Waals surface area contributed by atoms with Crippen molar-refractivity contribution in [1.82, 2.24) is 15.0 Å². The predicted molar refractivity (Wildman–Crippen MR) is 113 cm³/mol. The first-order chi connectivity index (χ1) is 14.1. The van der Waals surface area contributed by atoms with Crippen LogP contribution in [0.2, 0.25) is 0 Å². The largest absolute Gasteiger partial charge is 0.397 e. The fourth-order valence-electron chi connectivity index (χ4n) is 3.49. The number of pyridine rings is 3. The van der Waals surface area contributed by atoms with Gasteiger partial charge in [-0.05, 0) is 37.5 Å². The third-order valence-electron chi connectivity index (χ3n) is 4.98. The highest BCUT2D eigenvalue weighted by Gasteiger charge is 2.19. The number of hydrogen-bond donors (Lipinski definition) is 3. The summed E-state index contributed by atoms with van der Waals surface area (Å²) in [5.74, 6) is -0.442. The quantitative estimate of drug-likeness (QED) is 0.630. The number of rotatable bonds is 4. The normalized spacial score (nSPS) is 13.9. The molecule has 4 heterocycles. The van der Waals surface area contributed by atoms with Crippen LogP contribution in [0.15, 0.2) is 53.8 Å². The Kier molecular flexibility index (Phi) is 5.24. The Bertz CT molecular complexity index is 1090. The molecule has 3 aromatic rings. The van der Waals surface area contributed by atoms with Crippen LogP contribution in [0.3, 0.4) is 0 Å². The molecule has 0 spiro atoms. The number of piperidine rings is 1. The Balaban J connectivity index is 1.64. The fraction of sp³-hybridized carbons (Fsp3) is 0.238. The molecule has 0 radical (unpaired) electrons. The number of carbonyl (C=O) groups excluding carboxylic acids is 1. The molecule has 4 rings (SSSR count). The lowest BCUT2D eigenvalue weighted by Gasteiger charge is -2.30. The summed E-state index contributed by atoms with van der Waals surface area (Å²) in [6, 6.07) is 6.52. The molecular formula is C21H22N6O2. The van der Waals surface area contributed by atoms with Gasteiger partial charge >= 0.3 is 0 Å². The zero-order valence-electron chi connectivity index (χ0n) is 15.9. The molecule has 4 N–H and O–H groups in total. The molecule has 0 aliphatic carbocycles. The van der Waals surface area contributed by atoms with Gasteiger partial charge < -0.3 is 20.9 Å². The van der Waals surface area contributed by atoms with Crippen LogP contribution >= 0.6 is 0 Å². The Morgan fingerprint density at radius 3 is 2.76 bits per heavy atom. The number of nitrogens with two attached hydrogens (primary N) is 1. The number of nitrogens with zero attached hydrogens (tertiary/aromatic N) is 3. The highest BCUT2D eigenvalue weighted by molar-refractivity contribution is 6.07. The average Bonchev–Trinajstić information content (AvgIpc) is 2.75. The summed E-state index contributed by atoms with van der Waals surface area (Å²) in [4.78, 5) is 38.7. The van der Waals surface area contributed by atoms with Gasteiger partial charge in [-0.3, -0.25) is 14.6 Å². The van der Waals surface area contributed by atoms with Crippen molar-refractivity contribution in [2.75, 3.05) is 29.0 Å². The first kappa shape index (κ1) is 18.7. The summed E-state index contributed by atoms with van der Waals surface area (Å²) in [5.41, 5.74) is 8.43. The molecule has 0 unspecified atom stereocenters. The highest BCUT2D eigenvalue weighted by Crippen LogP contribution is 2.28. The van der Waals surface area contributed by atoms with Gasteiger partial charge in [-0.15, -0.1) is 0 Å². The number of H-pyrrole nitrogens is 1. The van der Waals surface area contributed by atoms with Crippen molar-refractivity contribution in [3.8, 4) is 11.3 Å². The topological polar surface area (TPSA) is 117 Å². The van der Waals surface area contributed by atoms with Crippen molar-refractivity contribution in [2.45, 2.75) is 19.3 Å². The number of aromatic amines is 1. The van der Waals surface area contributed by atoms with Gasteiger partial charge in [-0.2, -0.15) is 0 Å². The zero-order chi connectivity index (χ0) is 20.2. The summed E-state index contributed by atoms with van der Waals surface area (Å²) < 4.78 is 0. The summed E-state index contributed by atoms with van der Waals surface area (Å²) >= 11 is 0. The van der Waals surface area contributed by atoms with E-state index >= 15 is 0 Å². The minimum absolute atomic E-state index is 0.0687. The van der Waals surface area contributed by atoms with E-state index in [9.17, 15) is 9.59 Å². The summed E-state index contributed by atoms with van der Waals surface area (Å²) in [5, 5.41) is 2.89. The predicted octanol–water partition coefficient (Wildman–Crippen LogP) is 2.66. The maximum Gasteiger partial charge on any atom is 0.276 e. The molecule has 0 atom stereocenters. The van der Waals surface area contributed by atoms with Crippen LogP contribution in [-0.4, -0.2) is 33.9 Å². The molecular weight excluding hydrogens is 368 g/mol. The molecule has 1 fully saturated rings. The van der Waals surface area contributed by atoms with E-state index in [4.69, 9.17) is 5.73 Å². The van der Waals surface area contributed by atoms with Crippen LogP contribution in [0, 0.1) is 0 Å². The molecule has 0 aromatic carbocycles. The number of carbonyl (C=O) groups is 1. The first-order valence-electron chi connectivity index (χ1n) is 9.58. The van der Waals surface area contributed by atoms with E-state index in [-0.39, 0.29) is 16.8 Å². The van der Waals surface area contributed by atoms with Gasteiger partial charge in [0.1, 0.15) is 0 Å². The Morgan fingerprint density at radius 2 is 1.97 bits per heavy atom. The van der Waals surface area contributed by atoms with Crippen molar-refractivity contribution in [1.29, 1.82) is 0 Å². The van der Waals surface area contributed by atoms with Crippen LogP contribution in [0.5, 0.6) is 0 Å². The fourth-order valence-corrected chi connectivity index (χ4v) is 3.49. The van der Waals surface area contributed by atoms with Crippen molar-refractivity contribution in [2.24, 2.45) is 0 Å². The number of anilines is 3. The third kappa shape index (κ3) is 3.96. The summed E-state index contributed by atoms with van der Waals surface area (Å²) in [6.45, 7) is 1.89. The molecule has 8 heteroatoms. The average molecular weight is 390 g/mol. The van der Waals surface area contributed by atoms with Gasteiger partial charge in [0.05, 0.1) is 34.5 Å². The third-order valence-corrected chi connectivity index (χ3v) is 4.98. The van der Waals surface area contributed by atoms with E-state index < -0.39 is 5.91 Å². The van der Waals surface area contributed by atoms with Gasteiger partial charge in [-0.25, -0.2) is 4.98 Å². The first-order valence-corrected chi connectivity index (χ1v) is 9.58. The van der Waals surface area contributed by atoms with E-state index in [1.807, 2.05) is 6.07 Å². The van der Waals surface area contributed by atoms with Gasteiger partial charge in [0.2, 0.25) is 0 Å². The lowest BCUT2D eigenvalue weighted by Crippen LogP contribution is -2.30. The molecule has 148 valence electrons. The highest BCUT2D eigenvalue weighted by atomic mass is 16.2. The number of amides is 1. The lowest BCUT2D eigenvalue weighted by molar-refractivity contribution is 0.102. The molecule has 1 amide bonds. The number of nitrogens with one attached hydrogen (secondary N) is 2. The van der Waals surface area contributed by atoms with Crippen molar-refractivity contribution in [3.63, 3.8) is 0 Å². The standard InChI is InChI=1S/C21H22N6O2/c22-15-4-5-16(14-12-23-9-7-19(14)28)25-20(15)21(29)26-17-13-24-8-6-18(17)27-10-2-1-3-11-27/h4-9,12-13H,1-3,10-11,22H2,(H,23,28)(H,26,29).